The van der Waals surface area contributed by atoms with Gasteiger partial charge in [0.15, 0.2) is 0 Å². The van der Waals surface area contributed by atoms with Gasteiger partial charge in [0.1, 0.15) is 30.5 Å². The second kappa shape index (κ2) is 23.6. The van der Waals surface area contributed by atoms with E-state index in [2.05, 4.69) is 26.2 Å². The number of halogens is 10. The first-order chi connectivity index (χ1) is 33.6. The van der Waals surface area contributed by atoms with Gasteiger partial charge in [-0.05, 0) is 49.2 Å². The molecule has 27 heteroatoms. The van der Waals surface area contributed by atoms with Crippen LogP contribution in [0.5, 0.6) is 0 Å². The highest BCUT2D eigenvalue weighted by Crippen LogP contribution is 2.39. The van der Waals surface area contributed by atoms with Gasteiger partial charge in [-0.1, -0.05) is 79.0 Å². The largest absolute Gasteiger partial charge is 0.481 e. The number of alkyl halides is 6. The number of aromatic nitrogens is 6. The van der Waals surface area contributed by atoms with Gasteiger partial charge in [-0.15, -0.1) is 0 Å². The highest BCUT2D eigenvalue weighted by molar-refractivity contribution is 6.42. The molecule has 4 aliphatic rings. The lowest BCUT2D eigenvalue weighted by Crippen LogP contribution is -2.39. The summed E-state index contributed by atoms with van der Waals surface area (Å²) >= 11 is 24.1. The van der Waals surface area contributed by atoms with Crippen molar-refractivity contribution in [2.24, 2.45) is 17.6 Å². The maximum Gasteiger partial charge on any atom is 0.405 e. The fraction of sp³-hybridized carbons (Fsp3) is 0.404. The average Bonchev–Trinajstić information content (AvgIpc) is 4.10. The second-order valence-corrected chi connectivity index (χ2v) is 18.4. The van der Waals surface area contributed by atoms with Gasteiger partial charge in [-0.25, -0.2) is 0 Å². The van der Waals surface area contributed by atoms with Gasteiger partial charge < -0.3 is 35.0 Å². The number of rotatable bonds is 5. The second-order valence-electron chi connectivity index (χ2n) is 16.8. The van der Waals surface area contributed by atoms with Gasteiger partial charge in [0, 0.05) is 59.3 Å². The van der Waals surface area contributed by atoms with Gasteiger partial charge in [0.05, 0.1) is 87.4 Å². The predicted octanol–water partition coefficient (Wildman–Crippen LogP) is 9.61. The predicted molar refractivity (Wildman–Crippen MR) is 262 cm³/mol. The van der Waals surface area contributed by atoms with E-state index in [0.717, 1.165) is 33.8 Å². The summed E-state index contributed by atoms with van der Waals surface area (Å²) in [4.78, 5) is 53.8. The molecule has 8 heterocycles. The Bertz CT molecular complexity index is 3030. The third-order valence-corrected chi connectivity index (χ3v) is 13.5. The number of hydrogen-bond acceptors (Lipinski definition) is 11. The molecular formula is C47H50Cl4F6N10O7. The van der Waals surface area contributed by atoms with Crippen LogP contribution in [0.3, 0.4) is 0 Å². The van der Waals surface area contributed by atoms with Crippen molar-refractivity contribution in [3.63, 3.8) is 0 Å². The molecular weight excluding hydrogens is 1070 g/mol. The standard InChI is InChI=1S/C22H18Cl2F3N5O3.C20H16Cl2N4O4.C2H4F3N.3CH4/c23-15-2-1-11(6-16(15)24)21(34)31-4-3-17-14(8-31)19-18-13(9-35-30-18)5-12(7-32(19)29-17)20(33)28-10-22(25,26)27;21-14-2-1-10(6-15(14)22)19(27)25-4-3-16-13(8-25)18-17-12(9-30-24-17)5-11(20(28)29)7-26(18)23-16;3-2(4,5)1-6;;;/h1-2,6,9,12H,3-5,7-8,10H2,(H,28,33);1-2,6,9,11H,3-5,7-8H2,(H,28,29);1,6H2;3*1H4. The van der Waals surface area contributed by atoms with Crippen molar-refractivity contribution in [3.8, 4) is 22.8 Å². The maximum absolute atomic E-state index is 13.1. The molecule has 17 nitrogen and oxygen atoms in total. The molecule has 6 aromatic rings. The van der Waals surface area contributed by atoms with Gasteiger partial charge in [0.2, 0.25) is 5.91 Å². The molecule has 3 amide bonds. The number of nitrogens with one attached hydrogen (secondary N) is 1. The Hall–Kier alpha value is -6.14. The normalized spacial score (nSPS) is 16.3. The van der Waals surface area contributed by atoms with Crippen molar-refractivity contribution in [2.45, 2.75) is 86.5 Å². The first-order valence-electron chi connectivity index (χ1n) is 21.5. The first kappa shape index (κ1) is 58.7. The monoisotopic (exact) mass is 1120 g/mol. The Morgan fingerprint density at radius 3 is 1.49 bits per heavy atom. The SMILES string of the molecule is C.C.C.NCC(F)(F)F.O=C(NCC(F)(F)F)C1Cc2conc2-c2c3c(nn2C1)CCN(C(=O)c1ccc(Cl)c(Cl)c1)C3.O=C(O)C1Cc2conc2-c2c3c(nn2C1)CCN(C(=O)c1ccc(Cl)c(Cl)c1)C3. The van der Waals surface area contributed by atoms with Crippen LogP contribution >= 0.6 is 46.4 Å². The molecule has 74 heavy (non-hydrogen) atoms. The zero-order valence-corrected chi connectivity index (χ0v) is 39.6. The molecule has 2 unspecified atom stereocenters. The lowest BCUT2D eigenvalue weighted by Gasteiger charge is -2.27. The van der Waals surface area contributed by atoms with E-state index in [4.69, 9.17) is 55.4 Å². The Morgan fingerprint density at radius 1 is 0.676 bits per heavy atom. The molecule has 4 aliphatic heterocycles. The highest BCUT2D eigenvalue weighted by Gasteiger charge is 2.38. The Morgan fingerprint density at radius 2 is 1.09 bits per heavy atom. The minimum atomic E-state index is -4.51. The van der Waals surface area contributed by atoms with Crippen LogP contribution in [0.2, 0.25) is 20.1 Å². The zero-order valence-electron chi connectivity index (χ0n) is 36.6. The Kier molecular flexibility index (Phi) is 18.7. The molecule has 0 radical (unpaired) electrons. The van der Waals surface area contributed by atoms with Gasteiger partial charge in [0.25, 0.3) is 11.8 Å². The Balaban J connectivity index is 0.000000240. The number of nitrogens with two attached hydrogens (primary N) is 1. The van der Waals surface area contributed by atoms with Crippen molar-refractivity contribution in [3.05, 3.63) is 114 Å². The molecule has 4 N–H and O–H groups in total. The smallest absolute Gasteiger partial charge is 0.405 e. The summed E-state index contributed by atoms with van der Waals surface area (Å²) in [6.45, 7) is -0.840. The summed E-state index contributed by atoms with van der Waals surface area (Å²) in [6, 6.07) is 9.49. The average molecular weight is 1120 g/mol. The van der Waals surface area contributed by atoms with Crippen LogP contribution in [-0.4, -0.2) is 107 Å². The number of carbonyl (C=O) groups is 4. The van der Waals surface area contributed by atoms with E-state index in [1.807, 2.05) is 5.32 Å². The summed E-state index contributed by atoms with van der Waals surface area (Å²) in [5, 5.41) is 30.3. The van der Waals surface area contributed by atoms with Crippen LogP contribution in [0.15, 0.2) is 58.0 Å². The third kappa shape index (κ3) is 12.8. The summed E-state index contributed by atoms with van der Waals surface area (Å²) in [6.07, 6.45) is -4.33. The van der Waals surface area contributed by atoms with Crippen molar-refractivity contribution in [1.29, 1.82) is 0 Å². The molecule has 0 spiro atoms. The highest BCUT2D eigenvalue weighted by atomic mass is 35.5. The molecule has 0 bridgehead atoms. The van der Waals surface area contributed by atoms with Crippen LogP contribution in [0.4, 0.5) is 26.3 Å². The number of hydrogen-bond donors (Lipinski definition) is 3. The quantitative estimate of drug-likeness (QED) is 0.137. The lowest BCUT2D eigenvalue weighted by molar-refractivity contribution is -0.142. The molecule has 0 aliphatic carbocycles. The summed E-state index contributed by atoms with van der Waals surface area (Å²) < 4.78 is 83.4. The lowest BCUT2D eigenvalue weighted by atomic mass is 9.98. The van der Waals surface area contributed by atoms with Crippen molar-refractivity contribution < 1.29 is 59.7 Å². The molecule has 0 saturated carbocycles. The van der Waals surface area contributed by atoms with Crippen molar-refractivity contribution in [2.75, 3.05) is 26.2 Å². The summed E-state index contributed by atoms with van der Waals surface area (Å²) in [7, 11) is 0. The molecule has 0 fully saturated rings. The number of aliphatic carboxylic acids is 1. The molecule has 2 aromatic carbocycles. The van der Waals surface area contributed by atoms with Crippen LogP contribution < -0.4 is 11.1 Å². The van der Waals surface area contributed by atoms with E-state index in [1.165, 1.54) is 18.6 Å². The minimum absolute atomic E-state index is 0. The van der Waals surface area contributed by atoms with E-state index in [-0.39, 0.29) is 65.2 Å². The summed E-state index contributed by atoms with van der Waals surface area (Å²) in [5.74, 6) is -3.43. The van der Waals surface area contributed by atoms with E-state index >= 15 is 0 Å². The van der Waals surface area contributed by atoms with E-state index in [9.17, 15) is 50.6 Å². The summed E-state index contributed by atoms with van der Waals surface area (Å²) in [5.41, 5.74) is 12.0. The van der Waals surface area contributed by atoms with Crippen molar-refractivity contribution >= 4 is 70.1 Å². The van der Waals surface area contributed by atoms with E-state index in [0.29, 0.717) is 87.7 Å². The molecule has 2 atom stereocenters. The van der Waals surface area contributed by atoms with Gasteiger partial charge in [-0.2, -0.15) is 36.5 Å². The van der Waals surface area contributed by atoms with Crippen molar-refractivity contribution in [1.82, 2.24) is 45.0 Å². The number of amides is 3. The maximum atomic E-state index is 13.1. The molecule has 0 saturated heterocycles. The number of carbonyl (C=O) groups excluding carboxylic acids is 3. The topological polar surface area (TPSA) is 221 Å². The molecule has 10 rings (SSSR count). The molecule has 400 valence electrons. The van der Waals surface area contributed by atoms with Crippen LogP contribution in [0.1, 0.15) is 76.6 Å². The zero-order chi connectivity index (χ0) is 51.1. The third-order valence-electron chi connectivity index (χ3n) is 12.0. The molecule has 4 aromatic heterocycles. The van der Waals surface area contributed by atoms with Crippen LogP contribution in [-0.2, 0) is 61.5 Å². The van der Waals surface area contributed by atoms with Crippen LogP contribution in [0.25, 0.3) is 22.8 Å². The van der Waals surface area contributed by atoms with Gasteiger partial charge in [-0.3, -0.25) is 28.5 Å². The van der Waals surface area contributed by atoms with E-state index < -0.39 is 49.2 Å². The minimum Gasteiger partial charge on any atom is -0.481 e. The van der Waals surface area contributed by atoms with Gasteiger partial charge >= 0.3 is 18.3 Å². The Labute approximate surface area is 439 Å². The van der Waals surface area contributed by atoms with E-state index in [1.54, 1.807) is 49.5 Å². The number of benzene rings is 2. The fourth-order valence-electron chi connectivity index (χ4n) is 8.56. The first-order valence-corrected chi connectivity index (χ1v) is 23.0. The number of carboxylic acids is 1. The number of fused-ring (bicyclic) bond motifs is 10. The van der Waals surface area contributed by atoms with Crippen LogP contribution in [0, 0.1) is 11.8 Å². The number of nitrogens with zero attached hydrogens (tertiary/aromatic N) is 8. The number of carboxylic acid groups (broad SMARTS) is 1. The fourth-order valence-corrected chi connectivity index (χ4v) is 9.16.